The second-order valence-electron chi connectivity index (χ2n) is 7.80. The highest BCUT2D eigenvalue weighted by atomic mass is 35.5. The lowest BCUT2D eigenvalue weighted by atomic mass is 10.2. The van der Waals surface area contributed by atoms with Gasteiger partial charge in [-0.05, 0) is 35.9 Å². The molecule has 1 aromatic carbocycles. The third kappa shape index (κ3) is 6.14. The summed E-state index contributed by atoms with van der Waals surface area (Å²) in [5.74, 6) is 3.44. The number of nitrogens with two attached hydrogens (primary N) is 1. The van der Waals surface area contributed by atoms with Crippen LogP contribution in [0, 0.1) is 11.8 Å². The molecule has 196 valence electrons. The summed E-state index contributed by atoms with van der Waals surface area (Å²) in [6.07, 6.45) is -4.52. The quantitative estimate of drug-likeness (QED) is 0.500. The molecule has 10 nitrogen and oxygen atoms in total. The van der Waals surface area contributed by atoms with Crippen molar-refractivity contribution in [2.45, 2.75) is 25.4 Å². The molecule has 37 heavy (non-hydrogen) atoms. The number of imidazole rings is 1. The van der Waals surface area contributed by atoms with E-state index in [1.807, 2.05) is 0 Å². The van der Waals surface area contributed by atoms with Crippen LogP contribution >= 0.6 is 11.6 Å². The Morgan fingerprint density at radius 1 is 1.30 bits per heavy atom. The zero-order chi connectivity index (χ0) is 26.9. The number of ether oxygens (including phenoxy) is 2. The van der Waals surface area contributed by atoms with Gasteiger partial charge in [0.2, 0.25) is 6.35 Å². The number of aliphatic hydroxyl groups is 1. The van der Waals surface area contributed by atoms with Gasteiger partial charge in [0.15, 0.2) is 11.5 Å². The van der Waals surface area contributed by atoms with Crippen molar-refractivity contribution >= 4 is 34.3 Å². The summed E-state index contributed by atoms with van der Waals surface area (Å²) in [6, 6.07) is 6.49. The number of anilines is 1. The molecule has 0 saturated carbocycles. The van der Waals surface area contributed by atoms with Crippen molar-refractivity contribution in [3.63, 3.8) is 0 Å². The zero-order valence-electron chi connectivity index (χ0n) is 19.0. The third-order valence-electron chi connectivity index (χ3n) is 5.20. The molecule has 1 aromatic heterocycles. The number of rotatable bonds is 7. The van der Waals surface area contributed by atoms with E-state index < -0.39 is 41.6 Å². The first-order chi connectivity index (χ1) is 17.4. The molecule has 0 saturated heterocycles. The van der Waals surface area contributed by atoms with E-state index in [9.17, 15) is 27.3 Å². The van der Waals surface area contributed by atoms with E-state index in [0.717, 1.165) is 11.0 Å². The van der Waals surface area contributed by atoms with Crippen LogP contribution in [0.2, 0.25) is 5.02 Å². The molecular weight excluding hydrogens is 539 g/mol. The summed E-state index contributed by atoms with van der Waals surface area (Å²) in [4.78, 5) is 19.8. The lowest BCUT2D eigenvalue weighted by Crippen LogP contribution is -2.55. The van der Waals surface area contributed by atoms with Gasteiger partial charge < -0.3 is 14.7 Å². The summed E-state index contributed by atoms with van der Waals surface area (Å²) in [7, 11) is -0.510. The fourth-order valence-electron chi connectivity index (χ4n) is 3.58. The minimum atomic E-state index is -4.94. The zero-order valence-corrected chi connectivity index (χ0v) is 20.5. The molecule has 15 heteroatoms. The molecule has 2 aromatic rings. The number of allylic oxidation sites excluding steroid dienone is 2. The van der Waals surface area contributed by atoms with Gasteiger partial charge in [-0.1, -0.05) is 35.6 Å². The van der Waals surface area contributed by atoms with E-state index in [0.29, 0.717) is 10.6 Å². The van der Waals surface area contributed by atoms with Gasteiger partial charge in [0.25, 0.3) is 5.91 Å². The highest BCUT2D eigenvalue weighted by molar-refractivity contribution is 7.82. The maximum absolute atomic E-state index is 13.4. The van der Waals surface area contributed by atoms with Gasteiger partial charge in [-0.15, -0.1) is 13.2 Å². The lowest BCUT2D eigenvalue weighted by molar-refractivity contribution is -0.329. The van der Waals surface area contributed by atoms with Gasteiger partial charge in [0.05, 0.1) is 6.54 Å². The predicted octanol–water partition coefficient (Wildman–Crippen LogP) is 2.07. The van der Waals surface area contributed by atoms with E-state index in [1.54, 1.807) is 24.3 Å². The van der Waals surface area contributed by atoms with Gasteiger partial charge >= 0.3 is 12.4 Å². The van der Waals surface area contributed by atoms with E-state index in [1.165, 1.54) is 28.7 Å². The number of hydrogen-bond acceptors (Lipinski definition) is 7. The minimum absolute atomic E-state index is 0.0260. The summed E-state index contributed by atoms with van der Waals surface area (Å²) < 4.78 is 61.1. The Morgan fingerprint density at radius 2 is 2.00 bits per heavy atom. The Labute approximate surface area is 216 Å². The molecule has 0 fully saturated rings. The van der Waals surface area contributed by atoms with Crippen LogP contribution in [0.1, 0.15) is 16.1 Å². The van der Waals surface area contributed by atoms with Gasteiger partial charge in [0, 0.05) is 12.1 Å². The van der Waals surface area contributed by atoms with Crippen LogP contribution in [0.25, 0.3) is 0 Å². The summed E-state index contributed by atoms with van der Waals surface area (Å²) >= 11 is 5.97. The van der Waals surface area contributed by atoms with E-state index >= 15 is 0 Å². The third-order valence-corrected chi connectivity index (χ3v) is 5.98. The molecule has 3 N–H and O–H groups in total. The van der Waals surface area contributed by atoms with Crippen molar-refractivity contribution in [3.8, 4) is 17.9 Å². The molecule has 2 aliphatic rings. The van der Waals surface area contributed by atoms with Crippen molar-refractivity contribution in [3.05, 3.63) is 64.5 Å². The maximum atomic E-state index is 13.4. The van der Waals surface area contributed by atoms with Crippen molar-refractivity contribution in [1.29, 1.82) is 0 Å². The minimum Gasteiger partial charge on any atom is -0.426 e. The molecule has 0 radical (unpaired) electrons. The molecule has 1 aliphatic heterocycles. The molecule has 0 spiro atoms. The van der Waals surface area contributed by atoms with Gasteiger partial charge in [0.1, 0.15) is 28.7 Å². The van der Waals surface area contributed by atoms with Crippen LogP contribution in [0.3, 0.4) is 0 Å². The number of halogens is 4. The van der Waals surface area contributed by atoms with Crippen LogP contribution in [-0.2, 0) is 22.3 Å². The molecule has 4 rings (SSSR count). The van der Waals surface area contributed by atoms with E-state index in [-0.39, 0.29) is 29.8 Å². The molecule has 3 atom stereocenters. The second-order valence-corrected chi connectivity index (χ2v) is 9.25. The molecule has 1 amide bonds. The Bertz CT molecular complexity index is 1350. The number of alkyl halides is 3. The van der Waals surface area contributed by atoms with E-state index in [2.05, 4.69) is 21.6 Å². The second kappa shape index (κ2) is 10.6. The van der Waals surface area contributed by atoms with Crippen LogP contribution < -0.4 is 14.8 Å². The number of fused-ring (bicyclic) bond motifs is 1. The van der Waals surface area contributed by atoms with Crippen molar-refractivity contribution in [2.24, 2.45) is 5.14 Å². The average Bonchev–Trinajstić information content (AvgIpc) is 3.00. The van der Waals surface area contributed by atoms with Crippen molar-refractivity contribution in [1.82, 2.24) is 14.5 Å². The predicted molar refractivity (Wildman–Crippen MR) is 127 cm³/mol. The monoisotopic (exact) mass is 557 g/mol. The highest BCUT2D eigenvalue weighted by Crippen LogP contribution is 2.34. The lowest BCUT2D eigenvalue weighted by Gasteiger charge is -2.37. The van der Waals surface area contributed by atoms with Crippen molar-refractivity contribution in [2.75, 3.05) is 17.8 Å². The number of carbonyl (C=O) groups excluding carboxylic acids is 1. The number of hydrogen-bond donors (Lipinski definition) is 2. The van der Waals surface area contributed by atoms with Gasteiger partial charge in [-0.2, -0.15) is 4.98 Å². The summed E-state index contributed by atoms with van der Waals surface area (Å²) in [6.45, 7) is 0.0278. The van der Waals surface area contributed by atoms with Crippen LogP contribution in [-0.4, -0.2) is 61.4 Å². The fourth-order valence-corrected chi connectivity index (χ4v) is 4.23. The number of benzene rings is 1. The average molecular weight is 558 g/mol. The number of nitrogens with zero attached hydrogens (tertiary/aromatic N) is 4. The van der Waals surface area contributed by atoms with Crippen LogP contribution in [0.4, 0.5) is 19.0 Å². The normalized spacial score (nSPS) is 20.1. The largest absolute Gasteiger partial charge is 0.524 e. The molecule has 3 unspecified atom stereocenters. The van der Waals surface area contributed by atoms with Crippen LogP contribution in [0.15, 0.2) is 48.3 Å². The van der Waals surface area contributed by atoms with Gasteiger partial charge in [-0.25, -0.2) is 4.21 Å². The summed E-state index contributed by atoms with van der Waals surface area (Å²) in [5, 5.41) is 16.4. The topological polar surface area (TPSA) is 123 Å². The van der Waals surface area contributed by atoms with Crippen molar-refractivity contribution < 1.29 is 36.8 Å². The maximum Gasteiger partial charge on any atom is 0.524 e. The van der Waals surface area contributed by atoms with E-state index in [4.69, 9.17) is 21.5 Å². The highest BCUT2D eigenvalue weighted by Gasteiger charge is 2.41. The molecule has 0 bridgehead atoms. The first-order valence-corrected chi connectivity index (χ1v) is 12.2. The number of amides is 1. The molecule has 2 heterocycles. The Hall–Kier alpha value is -3.35. The number of aliphatic hydroxyl groups excluding tert-OH is 1. The Balaban J connectivity index is 1.77. The fraction of sp³-hybridized carbons (Fsp3) is 0.273. The molecule has 1 aliphatic carbocycles. The standard InChI is InChI=1S/C22H19ClF3N5O5S/c1-29-18-17(19(32)31(21(29)33)12-37(27)34)30(11-13-6-8-14(23)9-7-13)20(28-18)35-15-4-2-3-5-16(10-15)36-22(24,25)26/h2,4,6-10,16,21,33H,11-12,27H2,1H3. The smallest absolute Gasteiger partial charge is 0.426 e. The first-order valence-electron chi connectivity index (χ1n) is 10.4. The first kappa shape index (κ1) is 26.7. The number of aromatic nitrogens is 2. The van der Waals surface area contributed by atoms with Gasteiger partial charge in [-0.3, -0.25) is 24.1 Å². The van der Waals surface area contributed by atoms with Crippen LogP contribution in [0.5, 0.6) is 6.01 Å². The molecular formula is C22H19ClF3N5O5S. The Kier molecular flexibility index (Phi) is 7.62. The summed E-state index contributed by atoms with van der Waals surface area (Å²) in [5.41, 5.74) is 0.651. The SMILES string of the molecule is CN1c2nc(OC3=CC(OC(F)(F)F)C#CC=C3)n(Cc3ccc(Cl)cc3)c2C(=O)N(CS(N)=O)C1O. The Morgan fingerprint density at radius 3 is 2.65 bits per heavy atom. The number of carbonyl (C=O) groups is 1.